The molecular weight excluding hydrogens is 402 g/mol. The predicted octanol–water partition coefficient (Wildman–Crippen LogP) is 3.75. The van der Waals surface area contributed by atoms with Crippen LogP contribution in [0.5, 0.6) is 5.75 Å². The Hall–Kier alpha value is -3.65. The van der Waals surface area contributed by atoms with Gasteiger partial charge in [0.2, 0.25) is 11.8 Å². The molecule has 4 rings (SSSR count). The van der Waals surface area contributed by atoms with Gasteiger partial charge < -0.3 is 15.4 Å². The van der Waals surface area contributed by atoms with E-state index < -0.39 is 11.9 Å². The quantitative estimate of drug-likeness (QED) is 0.657. The summed E-state index contributed by atoms with van der Waals surface area (Å²) < 4.78 is 5.11. The van der Waals surface area contributed by atoms with Gasteiger partial charge in [-0.25, -0.2) is 0 Å². The van der Waals surface area contributed by atoms with Crippen molar-refractivity contribution >= 4 is 46.1 Å². The summed E-state index contributed by atoms with van der Waals surface area (Å²) in [6.45, 7) is 0. The van der Waals surface area contributed by atoms with Crippen LogP contribution in [0.15, 0.2) is 66.0 Å². The van der Waals surface area contributed by atoms with Gasteiger partial charge in [0.05, 0.1) is 29.8 Å². The number of hydrogen-bond acceptors (Lipinski definition) is 5. The van der Waals surface area contributed by atoms with E-state index in [0.29, 0.717) is 27.7 Å². The largest absolute Gasteiger partial charge is 0.497 e. The highest BCUT2D eigenvalue weighted by Gasteiger charge is 2.38. The van der Waals surface area contributed by atoms with Crippen LogP contribution >= 0.6 is 11.3 Å². The van der Waals surface area contributed by atoms with Crippen LogP contribution in [-0.4, -0.2) is 30.9 Å². The zero-order valence-electron chi connectivity index (χ0n) is 16.1. The Kier molecular flexibility index (Phi) is 5.49. The molecule has 7 nitrogen and oxygen atoms in total. The third kappa shape index (κ3) is 3.90. The highest BCUT2D eigenvalue weighted by atomic mass is 32.1. The third-order valence-corrected chi connectivity index (χ3v) is 5.60. The highest BCUT2D eigenvalue weighted by molar-refractivity contribution is 7.12. The molecular formula is C22H19N3O4S. The molecule has 3 aromatic rings. The summed E-state index contributed by atoms with van der Waals surface area (Å²) in [5, 5.41) is 7.37. The summed E-state index contributed by atoms with van der Waals surface area (Å²) in [5.74, 6) is -0.411. The number of carbonyl (C=O) groups excluding carboxylic acids is 3. The van der Waals surface area contributed by atoms with E-state index in [1.807, 2.05) is 0 Å². The molecule has 2 heterocycles. The van der Waals surface area contributed by atoms with Crippen molar-refractivity contribution in [3.05, 3.63) is 70.9 Å². The van der Waals surface area contributed by atoms with Crippen LogP contribution in [0.4, 0.5) is 17.1 Å². The molecule has 1 aliphatic rings. The molecule has 3 amide bonds. The van der Waals surface area contributed by atoms with E-state index in [1.165, 1.54) is 16.2 Å². The van der Waals surface area contributed by atoms with Gasteiger partial charge in [0, 0.05) is 5.69 Å². The molecule has 1 aromatic heterocycles. The minimum atomic E-state index is -0.965. The van der Waals surface area contributed by atoms with Crippen molar-refractivity contribution < 1.29 is 19.1 Å². The highest BCUT2D eigenvalue weighted by Crippen LogP contribution is 2.34. The summed E-state index contributed by atoms with van der Waals surface area (Å²) in [5.41, 5.74) is 1.69. The fourth-order valence-corrected chi connectivity index (χ4v) is 3.97. The second kappa shape index (κ2) is 8.38. The zero-order valence-corrected chi connectivity index (χ0v) is 16.9. The first-order chi connectivity index (χ1) is 14.6. The topological polar surface area (TPSA) is 87.7 Å². The van der Waals surface area contributed by atoms with Gasteiger partial charge in [-0.3, -0.25) is 19.3 Å². The number of methoxy groups -OCH3 is 1. The van der Waals surface area contributed by atoms with Gasteiger partial charge in [0.25, 0.3) is 5.91 Å². The Labute approximate surface area is 177 Å². The number of benzene rings is 2. The van der Waals surface area contributed by atoms with Crippen molar-refractivity contribution in [3.8, 4) is 5.75 Å². The standard InChI is InChI=1S/C22H19N3O4S/c1-29-15-10-8-14(9-11-15)23-20(26)13-18-21(27)24-16-5-2-3-6-17(16)25(18)22(28)19-7-4-12-30-19/h2-12,18H,13H2,1H3,(H,23,26)(H,24,27)/t18-/m1/s1. The number of thiophene rings is 1. The van der Waals surface area contributed by atoms with Gasteiger partial charge in [-0.1, -0.05) is 18.2 Å². The Bertz CT molecular complexity index is 1080. The number of nitrogens with one attached hydrogen (secondary N) is 2. The maximum atomic E-state index is 13.2. The second-order valence-corrected chi connectivity index (χ2v) is 7.60. The van der Waals surface area contributed by atoms with Gasteiger partial charge in [-0.15, -0.1) is 11.3 Å². The first-order valence-corrected chi connectivity index (χ1v) is 10.2. The molecule has 0 unspecified atom stereocenters. The van der Waals surface area contributed by atoms with E-state index >= 15 is 0 Å². The van der Waals surface area contributed by atoms with E-state index in [9.17, 15) is 14.4 Å². The average molecular weight is 421 g/mol. The van der Waals surface area contributed by atoms with E-state index in [2.05, 4.69) is 10.6 Å². The maximum Gasteiger partial charge on any atom is 0.269 e. The maximum absolute atomic E-state index is 13.2. The normalized spacial score (nSPS) is 15.2. The molecule has 30 heavy (non-hydrogen) atoms. The summed E-state index contributed by atoms with van der Waals surface area (Å²) in [7, 11) is 1.56. The molecule has 8 heteroatoms. The molecule has 152 valence electrons. The molecule has 0 saturated heterocycles. The molecule has 0 aliphatic carbocycles. The molecule has 0 fully saturated rings. The lowest BCUT2D eigenvalue weighted by Crippen LogP contribution is -2.52. The molecule has 1 aliphatic heterocycles. The minimum Gasteiger partial charge on any atom is -0.497 e. The lowest BCUT2D eigenvalue weighted by molar-refractivity contribution is -0.122. The summed E-state index contributed by atoms with van der Waals surface area (Å²) in [6, 6.07) is 16.5. The lowest BCUT2D eigenvalue weighted by atomic mass is 10.0. The second-order valence-electron chi connectivity index (χ2n) is 6.66. The fraction of sp³-hybridized carbons (Fsp3) is 0.136. The van der Waals surface area contributed by atoms with Crippen molar-refractivity contribution in [2.75, 3.05) is 22.6 Å². The fourth-order valence-electron chi connectivity index (χ4n) is 3.31. The van der Waals surface area contributed by atoms with Gasteiger partial charge >= 0.3 is 0 Å². The number of anilines is 3. The van der Waals surface area contributed by atoms with Gasteiger partial charge in [0.1, 0.15) is 11.8 Å². The number of rotatable bonds is 5. The summed E-state index contributed by atoms with van der Waals surface area (Å²) >= 11 is 1.29. The molecule has 0 saturated carbocycles. The van der Waals surface area contributed by atoms with Crippen molar-refractivity contribution in [1.82, 2.24) is 0 Å². The smallest absolute Gasteiger partial charge is 0.269 e. The predicted molar refractivity (Wildman–Crippen MR) is 116 cm³/mol. The number of carbonyl (C=O) groups is 3. The van der Waals surface area contributed by atoms with Crippen LogP contribution in [-0.2, 0) is 9.59 Å². The Morgan fingerprint density at radius 3 is 2.57 bits per heavy atom. The molecule has 0 spiro atoms. The van der Waals surface area contributed by atoms with E-state index in [4.69, 9.17) is 4.74 Å². The van der Waals surface area contributed by atoms with Crippen molar-refractivity contribution in [1.29, 1.82) is 0 Å². The van der Waals surface area contributed by atoms with Gasteiger partial charge in [-0.2, -0.15) is 0 Å². The summed E-state index contributed by atoms with van der Waals surface area (Å²) in [6.07, 6.45) is -0.177. The van der Waals surface area contributed by atoms with Crippen LogP contribution in [0.1, 0.15) is 16.1 Å². The number of para-hydroxylation sites is 2. The molecule has 0 bridgehead atoms. The lowest BCUT2D eigenvalue weighted by Gasteiger charge is -2.35. The Morgan fingerprint density at radius 1 is 1.10 bits per heavy atom. The summed E-state index contributed by atoms with van der Waals surface area (Å²) in [4.78, 5) is 40.6. The Morgan fingerprint density at radius 2 is 1.87 bits per heavy atom. The third-order valence-electron chi connectivity index (χ3n) is 4.74. The van der Waals surface area contributed by atoms with Crippen LogP contribution in [0.25, 0.3) is 0 Å². The first-order valence-electron chi connectivity index (χ1n) is 9.27. The number of amides is 3. The van der Waals surface area contributed by atoms with Gasteiger partial charge in [0.15, 0.2) is 0 Å². The molecule has 2 aromatic carbocycles. The van der Waals surface area contributed by atoms with Crippen molar-refractivity contribution in [3.63, 3.8) is 0 Å². The SMILES string of the molecule is COc1ccc(NC(=O)C[C@@H]2C(=O)Nc3ccccc3N2C(=O)c2cccs2)cc1. The molecule has 1 atom stereocenters. The first kappa shape index (κ1) is 19.7. The minimum absolute atomic E-state index is 0.177. The van der Waals surface area contributed by atoms with E-state index in [0.717, 1.165) is 0 Å². The van der Waals surface area contributed by atoms with Crippen LogP contribution in [0, 0.1) is 0 Å². The molecule has 0 radical (unpaired) electrons. The van der Waals surface area contributed by atoms with Crippen molar-refractivity contribution in [2.24, 2.45) is 0 Å². The zero-order chi connectivity index (χ0) is 21.1. The average Bonchev–Trinajstić information content (AvgIpc) is 3.29. The number of fused-ring (bicyclic) bond motifs is 1. The number of ether oxygens (including phenoxy) is 1. The molecule has 2 N–H and O–H groups in total. The number of hydrogen-bond donors (Lipinski definition) is 2. The number of nitrogens with zero attached hydrogens (tertiary/aromatic N) is 1. The van der Waals surface area contributed by atoms with E-state index in [-0.39, 0.29) is 18.2 Å². The van der Waals surface area contributed by atoms with Crippen molar-refractivity contribution in [2.45, 2.75) is 12.5 Å². The van der Waals surface area contributed by atoms with Crippen LogP contribution in [0.3, 0.4) is 0 Å². The Balaban J connectivity index is 1.60. The van der Waals surface area contributed by atoms with Gasteiger partial charge in [-0.05, 0) is 47.8 Å². The monoisotopic (exact) mass is 421 g/mol. The van der Waals surface area contributed by atoms with Crippen LogP contribution in [0.2, 0.25) is 0 Å². The van der Waals surface area contributed by atoms with Crippen LogP contribution < -0.4 is 20.3 Å². The van der Waals surface area contributed by atoms with E-state index in [1.54, 1.807) is 73.2 Å².